The Balaban J connectivity index is 3.10. The molecule has 0 saturated heterocycles. The molecule has 0 bridgehead atoms. The summed E-state index contributed by atoms with van der Waals surface area (Å²) in [5.41, 5.74) is 1.43. The molecular formula is C10H13N3. The second-order valence-corrected chi connectivity index (χ2v) is 3.15. The molecule has 1 aromatic heterocycles. The summed E-state index contributed by atoms with van der Waals surface area (Å²) in [6, 6.07) is 3.80. The zero-order valence-electron chi connectivity index (χ0n) is 8.20. The quantitative estimate of drug-likeness (QED) is 0.692. The van der Waals surface area contributed by atoms with E-state index in [9.17, 15) is 0 Å². The Kier molecular flexibility index (Phi) is 2.97. The van der Waals surface area contributed by atoms with Crippen LogP contribution in [0.3, 0.4) is 0 Å². The maximum atomic E-state index is 8.70. The minimum absolute atomic E-state index is 0.397. The van der Waals surface area contributed by atoms with E-state index >= 15 is 0 Å². The molecule has 0 radical (unpaired) electrons. The molecule has 1 rings (SSSR count). The van der Waals surface area contributed by atoms with E-state index in [-0.39, 0.29) is 0 Å². The van der Waals surface area contributed by atoms with E-state index in [0.29, 0.717) is 17.4 Å². The number of nitriles is 1. The lowest BCUT2D eigenvalue weighted by Gasteiger charge is -2.07. The largest absolute Gasteiger partial charge is 0.238 e. The van der Waals surface area contributed by atoms with Crippen molar-refractivity contribution in [3.05, 3.63) is 23.3 Å². The minimum atomic E-state index is 0.397. The fraction of sp³-hybridized carbons (Fsp3) is 0.500. The summed E-state index contributed by atoms with van der Waals surface area (Å²) >= 11 is 0. The van der Waals surface area contributed by atoms with Gasteiger partial charge in [-0.25, -0.2) is 9.97 Å². The second-order valence-electron chi connectivity index (χ2n) is 3.15. The Morgan fingerprint density at radius 2 is 2.23 bits per heavy atom. The number of aryl methyl sites for hydroxylation is 1. The predicted octanol–water partition coefficient (Wildman–Crippen LogP) is 2.17. The lowest BCUT2D eigenvalue weighted by atomic mass is 10.0. The molecular weight excluding hydrogens is 162 g/mol. The molecule has 1 atom stereocenters. The minimum Gasteiger partial charge on any atom is -0.238 e. The van der Waals surface area contributed by atoms with Crippen molar-refractivity contribution < 1.29 is 0 Å². The standard InChI is InChI=1S/C10H13N3/c1-4-7(2)10-5-9(6-11)12-8(3)13-10/h5,7H,4H2,1-3H3/t7-/m0/s1. The number of hydrogen-bond acceptors (Lipinski definition) is 3. The van der Waals surface area contributed by atoms with E-state index in [2.05, 4.69) is 23.8 Å². The first-order valence-corrected chi connectivity index (χ1v) is 4.43. The molecule has 0 fully saturated rings. The van der Waals surface area contributed by atoms with Gasteiger partial charge in [-0.2, -0.15) is 5.26 Å². The highest BCUT2D eigenvalue weighted by Crippen LogP contribution is 2.16. The van der Waals surface area contributed by atoms with E-state index in [1.54, 1.807) is 6.07 Å². The molecule has 0 spiro atoms. The maximum absolute atomic E-state index is 8.70. The summed E-state index contributed by atoms with van der Waals surface area (Å²) in [7, 11) is 0. The van der Waals surface area contributed by atoms with Crippen LogP contribution in [0.25, 0.3) is 0 Å². The van der Waals surface area contributed by atoms with Gasteiger partial charge in [-0.3, -0.25) is 0 Å². The molecule has 3 nitrogen and oxygen atoms in total. The number of rotatable bonds is 2. The van der Waals surface area contributed by atoms with Crippen molar-refractivity contribution in [2.24, 2.45) is 0 Å². The van der Waals surface area contributed by atoms with Crippen LogP contribution in [-0.2, 0) is 0 Å². The van der Waals surface area contributed by atoms with Crippen molar-refractivity contribution in [3.63, 3.8) is 0 Å². The van der Waals surface area contributed by atoms with Gasteiger partial charge in [-0.1, -0.05) is 13.8 Å². The first kappa shape index (κ1) is 9.66. The van der Waals surface area contributed by atoms with E-state index in [1.165, 1.54) is 0 Å². The number of nitrogens with zero attached hydrogens (tertiary/aromatic N) is 3. The van der Waals surface area contributed by atoms with E-state index in [1.807, 2.05) is 13.0 Å². The monoisotopic (exact) mass is 175 g/mol. The Bertz CT molecular complexity index is 339. The van der Waals surface area contributed by atoms with Crippen LogP contribution in [0.4, 0.5) is 0 Å². The summed E-state index contributed by atoms with van der Waals surface area (Å²) in [5, 5.41) is 8.70. The van der Waals surface area contributed by atoms with E-state index in [0.717, 1.165) is 12.1 Å². The Morgan fingerprint density at radius 1 is 1.54 bits per heavy atom. The Labute approximate surface area is 78.5 Å². The van der Waals surface area contributed by atoms with Crippen LogP contribution in [0.2, 0.25) is 0 Å². The van der Waals surface area contributed by atoms with Crippen LogP contribution in [0.1, 0.15) is 43.4 Å². The van der Waals surface area contributed by atoms with Gasteiger partial charge in [-0.15, -0.1) is 0 Å². The molecule has 1 aromatic rings. The molecule has 0 amide bonds. The summed E-state index contributed by atoms with van der Waals surface area (Å²) in [4.78, 5) is 8.29. The zero-order valence-corrected chi connectivity index (χ0v) is 8.20. The Hall–Kier alpha value is -1.43. The molecule has 0 aliphatic heterocycles. The van der Waals surface area contributed by atoms with Crippen LogP contribution in [0, 0.1) is 18.3 Å². The fourth-order valence-corrected chi connectivity index (χ4v) is 1.11. The van der Waals surface area contributed by atoms with Crippen LogP contribution in [0.15, 0.2) is 6.07 Å². The van der Waals surface area contributed by atoms with Gasteiger partial charge in [0.1, 0.15) is 17.6 Å². The van der Waals surface area contributed by atoms with Gasteiger partial charge >= 0.3 is 0 Å². The average molecular weight is 175 g/mol. The lowest BCUT2D eigenvalue weighted by molar-refractivity contribution is 0.698. The molecule has 0 aromatic carbocycles. The van der Waals surface area contributed by atoms with Gasteiger partial charge in [0.25, 0.3) is 0 Å². The van der Waals surface area contributed by atoms with Crippen LogP contribution in [0.5, 0.6) is 0 Å². The highest BCUT2D eigenvalue weighted by atomic mass is 14.9. The molecule has 0 saturated carbocycles. The van der Waals surface area contributed by atoms with Gasteiger partial charge in [0.05, 0.1) is 0 Å². The third kappa shape index (κ3) is 2.25. The second kappa shape index (κ2) is 3.99. The predicted molar refractivity (Wildman–Crippen MR) is 50.2 cm³/mol. The molecule has 0 unspecified atom stereocenters. The maximum Gasteiger partial charge on any atom is 0.144 e. The molecule has 3 heteroatoms. The highest BCUT2D eigenvalue weighted by Gasteiger charge is 2.07. The SMILES string of the molecule is CC[C@H](C)c1cc(C#N)nc(C)n1. The van der Waals surface area contributed by atoms with Crippen molar-refractivity contribution in [1.29, 1.82) is 5.26 Å². The van der Waals surface area contributed by atoms with Crippen molar-refractivity contribution in [2.75, 3.05) is 0 Å². The van der Waals surface area contributed by atoms with Crippen molar-refractivity contribution >= 4 is 0 Å². The van der Waals surface area contributed by atoms with E-state index < -0.39 is 0 Å². The number of aromatic nitrogens is 2. The summed E-state index contributed by atoms with van der Waals surface area (Å²) in [6.45, 7) is 6.02. The van der Waals surface area contributed by atoms with Gasteiger partial charge in [0, 0.05) is 5.69 Å². The highest BCUT2D eigenvalue weighted by molar-refractivity contribution is 5.24. The third-order valence-corrected chi connectivity index (χ3v) is 2.09. The average Bonchev–Trinajstić information content (AvgIpc) is 2.15. The first-order valence-electron chi connectivity index (χ1n) is 4.43. The van der Waals surface area contributed by atoms with Crippen LogP contribution in [-0.4, -0.2) is 9.97 Å². The topological polar surface area (TPSA) is 49.6 Å². The molecule has 0 aliphatic rings. The smallest absolute Gasteiger partial charge is 0.144 e. The van der Waals surface area contributed by atoms with Crippen molar-refractivity contribution in [1.82, 2.24) is 9.97 Å². The zero-order chi connectivity index (χ0) is 9.84. The lowest BCUT2D eigenvalue weighted by Crippen LogP contribution is -2.01. The van der Waals surface area contributed by atoms with Gasteiger partial charge in [0.15, 0.2) is 0 Å². The summed E-state index contributed by atoms with van der Waals surface area (Å²) in [5.74, 6) is 1.07. The van der Waals surface area contributed by atoms with Crippen LogP contribution < -0.4 is 0 Å². The summed E-state index contributed by atoms with van der Waals surface area (Å²) < 4.78 is 0. The summed E-state index contributed by atoms with van der Waals surface area (Å²) in [6.07, 6.45) is 1.03. The molecule has 0 aliphatic carbocycles. The molecule has 1 heterocycles. The molecule has 68 valence electrons. The molecule has 0 N–H and O–H groups in total. The van der Waals surface area contributed by atoms with Crippen molar-refractivity contribution in [3.8, 4) is 6.07 Å². The fourth-order valence-electron chi connectivity index (χ4n) is 1.11. The molecule has 13 heavy (non-hydrogen) atoms. The number of hydrogen-bond donors (Lipinski definition) is 0. The van der Waals surface area contributed by atoms with Gasteiger partial charge in [0.2, 0.25) is 0 Å². The Morgan fingerprint density at radius 3 is 2.77 bits per heavy atom. The van der Waals surface area contributed by atoms with Crippen molar-refractivity contribution in [2.45, 2.75) is 33.1 Å². The van der Waals surface area contributed by atoms with Gasteiger partial charge < -0.3 is 0 Å². The first-order chi connectivity index (χ1) is 6.17. The van der Waals surface area contributed by atoms with Crippen LogP contribution >= 0.6 is 0 Å². The van der Waals surface area contributed by atoms with Gasteiger partial charge in [-0.05, 0) is 25.3 Å². The normalized spacial score (nSPS) is 12.2. The third-order valence-electron chi connectivity index (χ3n) is 2.09. The van der Waals surface area contributed by atoms with E-state index in [4.69, 9.17) is 5.26 Å².